The third-order valence-corrected chi connectivity index (χ3v) is 11.1. The van der Waals surface area contributed by atoms with Crippen molar-refractivity contribution in [3.8, 4) is 0 Å². The van der Waals surface area contributed by atoms with Gasteiger partial charge in [-0.15, -0.1) is 4.40 Å². The molecule has 10 nitrogen and oxygen atoms in total. The minimum Gasteiger partial charge on any atom is -0.341 e. The van der Waals surface area contributed by atoms with Crippen LogP contribution in [0.25, 0.3) is 0 Å². The van der Waals surface area contributed by atoms with Crippen molar-refractivity contribution >= 4 is 48.9 Å². The molecule has 2 heterocycles. The molecule has 6 aliphatic rings. The first-order valence-corrected chi connectivity index (χ1v) is 16.9. The second kappa shape index (κ2) is 9.32. The molecule has 0 aromatic heterocycles. The maximum Gasteiger partial charge on any atom is 0.286 e. The van der Waals surface area contributed by atoms with Crippen molar-refractivity contribution in [2.75, 3.05) is 22.8 Å². The van der Waals surface area contributed by atoms with Gasteiger partial charge < -0.3 is 10.2 Å². The first-order chi connectivity index (χ1) is 18.0. The molecule has 0 radical (unpaired) electrons. The molecule has 3 atom stereocenters. The molecule has 4 aliphatic carbocycles. The highest BCUT2D eigenvalue weighted by molar-refractivity contribution is 7.92. The van der Waals surface area contributed by atoms with Gasteiger partial charge >= 0.3 is 0 Å². The number of amides is 1. The zero-order chi connectivity index (χ0) is 26.8. The van der Waals surface area contributed by atoms with E-state index in [-0.39, 0.29) is 51.7 Å². The van der Waals surface area contributed by atoms with Gasteiger partial charge in [-0.2, -0.15) is 8.42 Å². The number of hydrogen-bond donors (Lipinski definition) is 2. The Bertz CT molecular complexity index is 1410. The summed E-state index contributed by atoms with van der Waals surface area (Å²) >= 11 is 0. The highest BCUT2D eigenvalue weighted by Crippen LogP contribution is 2.51. The standard InChI is InChI=1S/C26H34N4O6S2/c1-37(33,34)28-18-11-12-19-20(13-18)38(35,36)29-25(27-19)22-24(31)21-16-7-9-17(10-8-16)23(21)30(26(22)32)14-15-5-3-2-4-6-15/h11-13,15-17,21-23,28H,2-10,14H2,1H3,(H,27,29). The van der Waals surface area contributed by atoms with Gasteiger partial charge in [0.1, 0.15) is 10.7 Å². The van der Waals surface area contributed by atoms with Crippen LogP contribution in [0.3, 0.4) is 0 Å². The normalized spacial score (nSPS) is 32.7. The van der Waals surface area contributed by atoms with Gasteiger partial charge in [0.05, 0.1) is 11.9 Å². The average Bonchev–Trinajstić information content (AvgIpc) is 2.87. The Kier molecular flexibility index (Phi) is 6.33. The molecule has 1 aromatic carbocycles. The lowest BCUT2D eigenvalue weighted by atomic mass is 9.57. The Hall–Kier alpha value is -2.47. The molecule has 206 valence electrons. The highest BCUT2D eigenvalue weighted by Gasteiger charge is 2.58. The quantitative estimate of drug-likeness (QED) is 0.526. The van der Waals surface area contributed by atoms with Crippen LogP contribution in [-0.4, -0.2) is 58.1 Å². The number of piperidine rings is 1. The number of carbonyl (C=O) groups is 2. The SMILES string of the molecule is CS(=O)(=O)Nc1ccc2c(c1)S(=O)(=O)N=C(C1C(=O)C3C4CCC(CC4)C3N(CC3CCCCC3)C1=O)N2. The van der Waals surface area contributed by atoms with Gasteiger partial charge in [0.15, 0.2) is 11.7 Å². The van der Waals surface area contributed by atoms with Crippen molar-refractivity contribution in [3.05, 3.63) is 18.2 Å². The topological polar surface area (TPSA) is 142 Å². The fraction of sp³-hybridized carbons (Fsp3) is 0.654. The molecule has 0 spiro atoms. The monoisotopic (exact) mass is 562 g/mol. The van der Waals surface area contributed by atoms with E-state index >= 15 is 0 Å². The lowest BCUT2D eigenvalue weighted by Crippen LogP contribution is -2.67. The van der Waals surface area contributed by atoms with Gasteiger partial charge in [-0.05, 0) is 74.5 Å². The fourth-order valence-electron chi connectivity index (χ4n) is 7.59. The number of Topliss-reactive ketones (excluding diaryl/α,β-unsaturated/α-hetero) is 1. The molecular weight excluding hydrogens is 528 g/mol. The Morgan fingerprint density at radius 2 is 1.71 bits per heavy atom. The van der Waals surface area contributed by atoms with Crippen LogP contribution >= 0.6 is 0 Å². The van der Waals surface area contributed by atoms with E-state index in [1.807, 2.05) is 4.90 Å². The van der Waals surface area contributed by atoms with Crippen molar-refractivity contribution in [2.24, 2.45) is 34.0 Å². The lowest BCUT2D eigenvalue weighted by molar-refractivity contribution is -0.162. The number of benzene rings is 1. The summed E-state index contributed by atoms with van der Waals surface area (Å²) < 4.78 is 55.9. The van der Waals surface area contributed by atoms with Gasteiger partial charge in [-0.3, -0.25) is 14.3 Å². The summed E-state index contributed by atoms with van der Waals surface area (Å²) in [6, 6.07) is 3.95. The number of likely N-dealkylation sites (tertiary alicyclic amines) is 1. The molecule has 3 unspecified atom stereocenters. The van der Waals surface area contributed by atoms with Gasteiger partial charge in [0.2, 0.25) is 15.9 Å². The van der Waals surface area contributed by atoms with Crippen LogP contribution in [0.2, 0.25) is 0 Å². The van der Waals surface area contributed by atoms with Gasteiger partial charge in [-0.1, -0.05) is 19.3 Å². The largest absolute Gasteiger partial charge is 0.341 e. The summed E-state index contributed by atoms with van der Waals surface area (Å²) in [5.41, 5.74) is 0.251. The van der Waals surface area contributed by atoms with Crippen molar-refractivity contribution in [1.82, 2.24) is 4.90 Å². The van der Waals surface area contributed by atoms with E-state index in [1.165, 1.54) is 24.6 Å². The number of fused-ring (bicyclic) bond motifs is 3. The Morgan fingerprint density at radius 1 is 1.03 bits per heavy atom. The van der Waals surface area contributed by atoms with E-state index in [0.717, 1.165) is 57.6 Å². The fourth-order valence-corrected chi connectivity index (χ4v) is 9.32. The first kappa shape index (κ1) is 25.8. The molecule has 1 saturated heterocycles. The average molecular weight is 563 g/mol. The number of anilines is 2. The molecule has 2 aliphatic heterocycles. The third-order valence-electron chi connectivity index (χ3n) is 9.18. The minimum absolute atomic E-state index is 0.0832. The van der Waals surface area contributed by atoms with E-state index in [4.69, 9.17) is 0 Å². The summed E-state index contributed by atoms with van der Waals surface area (Å²) in [6.45, 7) is 0.615. The molecule has 1 aromatic rings. The molecule has 12 heteroatoms. The minimum atomic E-state index is -4.28. The molecule has 2 bridgehead atoms. The molecule has 4 saturated carbocycles. The molecule has 2 N–H and O–H groups in total. The predicted molar refractivity (Wildman–Crippen MR) is 143 cm³/mol. The van der Waals surface area contributed by atoms with Crippen molar-refractivity contribution in [1.29, 1.82) is 0 Å². The number of amidine groups is 1. The van der Waals surface area contributed by atoms with Crippen LogP contribution in [0.15, 0.2) is 27.5 Å². The van der Waals surface area contributed by atoms with Crippen molar-refractivity contribution in [3.63, 3.8) is 0 Å². The number of carbonyl (C=O) groups excluding carboxylic acids is 2. The van der Waals surface area contributed by atoms with E-state index in [1.54, 1.807) is 0 Å². The smallest absolute Gasteiger partial charge is 0.286 e. The van der Waals surface area contributed by atoms with Gasteiger partial charge in [-0.25, -0.2) is 8.42 Å². The maximum atomic E-state index is 14.1. The zero-order valence-electron chi connectivity index (χ0n) is 21.4. The van der Waals surface area contributed by atoms with E-state index in [0.29, 0.717) is 18.4 Å². The molecule has 38 heavy (non-hydrogen) atoms. The van der Waals surface area contributed by atoms with Gasteiger partial charge in [0, 0.05) is 24.2 Å². The predicted octanol–water partition coefficient (Wildman–Crippen LogP) is 2.98. The summed E-state index contributed by atoms with van der Waals surface area (Å²) in [6.07, 6.45) is 10.6. The number of rotatable bonds is 5. The number of ketones is 1. The van der Waals surface area contributed by atoms with Crippen LogP contribution in [0.4, 0.5) is 11.4 Å². The Morgan fingerprint density at radius 3 is 2.39 bits per heavy atom. The van der Waals surface area contributed by atoms with Crippen LogP contribution < -0.4 is 10.0 Å². The van der Waals surface area contributed by atoms with Crippen LogP contribution in [-0.2, 0) is 29.6 Å². The molecular formula is C26H34N4O6S2. The number of nitrogens with one attached hydrogen (secondary N) is 2. The van der Waals surface area contributed by atoms with E-state index in [9.17, 15) is 26.4 Å². The number of sulfonamides is 2. The first-order valence-electron chi connectivity index (χ1n) is 13.6. The summed E-state index contributed by atoms with van der Waals surface area (Å²) in [5, 5.41) is 2.96. The maximum absolute atomic E-state index is 14.1. The van der Waals surface area contributed by atoms with Gasteiger partial charge in [0.25, 0.3) is 10.0 Å². The van der Waals surface area contributed by atoms with E-state index in [2.05, 4.69) is 14.4 Å². The Balaban J connectivity index is 1.36. The van der Waals surface area contributed by atoms with Crippen molar-refractivity contribution in [2.45, 2.75) is 68.7 Å². The lowest BCUT2D eigenvalue weighted by Gasteiger charge is -2.56. The zero-order valence-corrected chi connectivity index (χ0v) is 23.1. The van der Waals surface area contributed by atoms with Crippen LogP contribution in [0.5, 0.6) is 0 Å². The molecule has 1 amide bonds. The number of hydrogen-bond acceptors (Lipinski definition) is 7. The van der Waals surface area contributed by atoms with Crippen LogP contribution in [0, 0.1) is 29.6 Å². The second-order valence-electron chi connectivity index (χ2n) is 11.7. The number of nitrogens with zero attached hydrogens (tertiary/aromatic N) is 2. The summed E-state index contributed by atoms with van der Waals surface area (Å²) in [5.74, 6) is -1.35. The second-order valence-corrected chi connectivity index (χ2v) is 15.0. The Labute approximate surface area is 223 Å². The third kappa shape index (κ3) is 4.53. The highest BCUT2D eigenvalue weighted by atomic mass is 32.2. The molecule has 7 rings (SSSR count). The van der Waals surface area contributed by atoms with Crippen LogP contribution in [0.1, 0.15) is 57.8 Å². The van der Waals surface area contributed by atoms with Crippen molar-refractivity contribution < 1.29 is 26.4 Å². The summed E-state index contributed by atoms with van der Waals surface area (Å²) in [7, 11) is -7.90. The van der Waals surface area contributed by atoms with E-state index < -0.39 is 26.0 Å². The summed E-state index contributed by atoms with van der Waals surface area (Å²) in [4.78, 5) is 29.8. The molecule has 5 fully saturated rings.